The van der Waals surface area contributed by atoms with Crippen LogP contribution in [-0.4, -0.2) is 75.5 Å². The molecule has 2 amide bonds. The molecule has 192 valence electrons. The van der Waals surface area contributed by atoms with Gasteiger partial charge < -0.3 is 19.7 Å². The van der Waals surface area contributed by atoms with Gasteiger partial charge in [-0.1, -0.05) is 6.92 Å². The Hall–Kier alpha value is -2.95. The largest absolute Gasteiger partial charge is 0.444 e. The summed E-state index contributed by atoms with van der Waals surface area (Å²) < 4.78 is 27.2. The lowest BCUT2D eigenvalue weighted by atomic mass is 9.75. The summed E-state index contributed by atoms with van der Waals surface area (Å²) >= 11 is 0. The van der Waals surface area contributed by atoms with Gasteiger partial charge in [0.05, 0.1) is 31.1 Å². The summed E-state index contributed by atoms with van der Waals surface area (Å²) in [6.07, 6.45) is 4.11. The van der Waals surface area contributed by atoms with Crippen molar-refractivity contribution in [1.82, 2.24) is 24.9 Å². The second-order valence-electron chi connectivity index (χ2n) is 10.9. The smallest absolute Gasteiger partial charge is 0.410 e. The van der Waals surface area contributed by atoms with Gasteiger partial charge in [0.25, 0.3) is 5.91 Å². The molecule has 0 spiro atoms. The fourth-order valence-electron chi connectivity index (χ4n) is 4.88. The molecule has 2 N–H and O–H groups in total. The number of piperidine rings is 1. The molecule has 10 nitrogen and oxygen atoms in total. The van der Waals surface area contributed by atoms with Crippen LogP contribution in [0.1, 0.15) is 68.3 Å². The number of hydrogen-bond donors (Lipinski definition) is 2. The lowest BCUT2D eigenvalue weighted by Gasteiger charge is -2.35. The van der Waals surface area contributed by atoms with Gasteiger partial charge in [-0.05, 0) is 51.9 Å². The molecule has 1 aliphatic carbocycles. The first-order valence-electron chi connectivity index (χ1n) is 12.0. The SMILES string of the molecule is COC[C@@]1(C)CCc2c(C(=O)Nc3cnn([C@@H]4CCN(C(=O)OC(C)(C)C)C[C@H]4F)c3)n[nH]c2C1. The second kappa shape index (κ2) is 9.60. The number of halogens is 1. The molecule has 0 saturated carbocycles. The zero-order valence-electron chi connectivity index (χ0n) is 21.1. The zero-order valence-corrected chi connectivity index (χ0v) is 21.1. The molecule has 3 heterocycles. The van der Waals surface area contributed by atoms with Crippen LogP contribution in [0.4, 0.5) is 14.9 Å². The predicted octanol–water partition coefficient (Wildman–Crippen LogP) is 3.52. The summed E-state index contributed by atoms with van der Waals surface area (Å²) in [4.78, 5) is 26.6. The number of ether oxygens (including phenoxy) is 2. The van der Waals surface area contributed by atoms with Gasteiger partial charge in [0, 0.05) is 31.1 Å². The maximum Gasteiger partial charge on any atom is 0.410 e. The first kappa shape index (κ1) is 25.2. The number of amides is 2. The van der Waals surface area contributed by atoms with Crippen LogP contribution in [0.3, 0.4) is 0 Å². The number of fused-ring (bicyclic) bond motifs is 1. The number of rotatable bonds is 5. The molecule has 0 aromatic carbocycles. The number of aromatic nitrogens is 4. The predicted molar refractivity (Wildman–Crippen MR) is 127 cm³/mol. The molecule has 2 aromatic heterocycles. The van der Waals surface area contributed by atoms with E-state index in [0.717, 1.165) is 30.5 Å². The molecule has 2 aromatic rings. The fraction of sp³-hybridized carbons (Fsp3) is 0.667. The van der Waals surface area contributed by atoms with Crippen LogP contribution in [0.15, 0.2) is 12.4 Å². The number of hydrogen-bond acceptors (Lipinski definition) is 6. The Morgan fingerprint density at radius 2 is 2.14 bits per heavy atom. The third-order valence-electron chi connectivity index (χ3n) is 6.60. The van der Waals surface area contributed by atoms with Crippen LogP contribution < -0.4 is 5.32 Å². The molecular weight excluding hydrogens is 455 g/mol. The number of anilines is 1. The molecule has 35 heavy (non-hydrogen) atoms. The normalized spacial score (nSPS) is 24.7. The Morgan fingerprint density at radius 1 is 1.37 bits per heavy atom. The topological polar surface area (TPSA) is 114 Å². The number of alkyl halides is 1. The third-order valence-corrected chi connectivity index (χ3v) is 6.60. The van der Waals surface area contributed by atoms with Crippen molar-refractivity contribution in [3.05, 3.63) is 29.3 Å². The Morgan fingerprint density at radius 3 is 2.83 bits per heavy atom. The first-order chi connectivity index (χ1) is 16.5. The highest BCUT2D eigenvalue weighted by atomic mass is 19.1. The molecule has 4 rings (SSSR count). The zero-order chi connectivity index (χ0) is 25.4. The monoisotopic (exact) mass is 490 g/mol. The van der Waals surface area contributed by atoms with Crippen molar-refractivity contribution in [3.63, 3.8) is 0 Å². The molecule has 1 aliphatic heterocycles. The van der Waals surface area contributed by atoms with E-state index >= 15 is 0 Å². The molecule has 0 bridgehead atoms. The Labute approximate surface area is 204 Å². The number of H-pyrrole nitrogens is 1. The average Bonchev–Trinajstić information content (AvgIpc) is 3.39. The molecule has 1 fully saturated rings. The molecule has 0 radical (unpaired) electrons. The van der Waals surface area contributed by atoms with Crippen LogP contribution in [0.5, 0.6) is 0 Å². The minimum Gasteiger partial charge on any atom is -0.444 e. The van der Waals surface area contributed by atoms with Crippen LogP contribution in [-0.2, 0) is 22.3 Å². The van der Waals surface area contributed by atoms with Gasteiger partial charge in [0.15, 0.2) is 5.69 Å². The lowest BCUT2D eigenvalue weighted by Crippen LogP contribution is -2.47. The Kier molecular flexibility index (Phi) is 6.90. The number of carbonyl (C=O) groups excluding carboxylic acids is 2. The molecule has 1 saturated heterocycles. The molecular formula is C24H35FN6O4. The summed E-state index contributed by atoms with van der Waals surface area (Å²) in [5.74, 6) is -0.325. The van der Waals surface area contributed by atoms with Crippen molar-refractivity contribution in [2.45, 2.75) is 71.2 Å². The Balaban J connectivity index is 1.37. The van der Waals surface area contributed by atoms with E-state index in [1.54, 1.807) is 34.1 Å². The van der Waals surface area contributed by atoms with E-state index < -0.39 is 23.9 Å². The summed E-state index contributed by atoms with van der Waals surface area (Å²) in [5, 5.41) is 14.4. The van der Waals surface area contributed by atoms with E-state index in [1.165, 1.54) is 15.8 Å². The van der Waals surface area contributed by atoms with Crippen molar-refractivity contribution in [1.29, 1.82) is 0 Å². The lowest BCUT2D eigenvalue weighted by molar-refractivity contribution is 0.00575. The van der Waals surface area contributed by atoms with Crippen LogP contribution in [0, 0.1) is 5.41 Å². The quantitative estimate of drug-likeness (QED) is 0.663. The fourth-order valence-corrected chi connectivity index (χ4v) is 4.88. The van der Waals surface area contributed by atoms with Gasteiger partial charge in [-0.3, -0.25) is 14.6 Å². The van der Waals surface area contributed by atoms with Crippen molar-refractivity contribution in [2.24, 2.45) is 5.41 Å². The van der Waals surface area contributed by atoms with E-state index in [2.05, 4.69) is 27.5 Å². The van der Waals surface area contributed by atoms with Crippen molar-refractivity contribution < 1.29 is 23.5 Å². The van der Waals surface area contributed by atoms with E-state index in [1.807, 2.05) is 0 Å². The minimum absolute atomic E-state index is 0.0190. The van der Waals surface area contributed by atoms with Gasteiger partial charge in [-0.15, -0.1) is 0 Å². The summed E-state index contributed by atoms with van der Waals surface area (Å²) in [7, 11) is 1.70. The van der Waals surface area contributed by atoms with Crippen LogP contribution >= 0.6 is 0 Å². The van der Waals surface area contributed by atoms with Crippen LogP contribution in [0.25, 0.3) is 0 Å². The maximum absolute atomic E-state index is 15.0. The van der Waals surface area contributed by atoms with Gasteiger partial charge in [-0.25, -0.2) is 9.18 Å². The highest BCUT2D eigenvalue weighted by Gasteiger charge is 2.36. The standard InChI is InChI=1S/C24H35FN6O4/c1-23(2,3)35-22(33)30-9-7-19(17(25)13-30)31-12-15(11-26-31)27-21(32)20-16-6-8-24(4,14-34-5)10-18(16)28-29-20/h11-12,17,19H,6-10,13-14H2,1-5H3,(H,27,32)(H,28,29)/t17-,19-,24+/m1/s1. The van der Waals surface area contributed by atoms with E-state index in [0.29, 0.717) is 31.0 Å². The van der Waals surface area contributed by atoms with Gasteiger partial charge >= 0.3 is 6.09 Å². The third kappa shape index (κ3) is 5.66. The number of likely N-dealkylation sites (tertiary alicyclic amines) is 1. The molecule has 3 atom stereocenters. The van der Waals surface area contributed by atoms with Crippen LogP contribution in [0.2, 0.25) is 0 Å². The second-order valence-corrected chi connectivity index (χ2v) is 10.9. The molecule has 2 aliphatic rings. The van der Waals surface area contributed by atoms with Gasteiger partial charge in [0.1, 0.15) is 11.8 Å². The highest BCUT2D eigenvalue weighted by molar-refractivity contribution is 6.03. The maximum atomic E-state index is 15.0. The van der Waals surface area contributed by atoms with E-state index in [9.17, 15) is 14.0 Å². The summed E-state index contributed by atoms with van der Waals surface area (Å²) in [6, 6.07) is -0.532. The van der Waals surface area contributed by atoms with E-state index in [4.69, 9.17) is 9.47 Å². The van der Waals surface area contributed by atoms with Gasteiger partial charge in [0.2, 0.25) is 0 Å². The first-order valence-corrected chi connectivity index (χ1v) is 12.0. The number of nitrogens with one attached hydrogen (secondary N) is 2. The minimum atomic E-state index is -1.31. The Bertz CT molecular complexity index is 1080. The number of nitrogens with zero attached hydrogens (tertiary/aromatic N) is 4. The van der Waals surface area contributed by atoms with Crippen molar-refractivity contribution in [3.8, 4) is 0 Å². The van der Waals surface area contributed by atoms with Gasteiger partial charge in [-0.2, -0.15) is 10.2 Å². The summed E-state index contributed by atoms with van der Waals surface area (Å²) in [6.45, 7) is 8.46. The highest BCUT2D eigenvalue weighted by Crippen LogP contribution is 2.36. The van der Waals surface area contributed by atoms with E-state index in [-0.39, 0.29) is 17.9 Å². The summed E-state index contributed by atoms with van der Waals surface area (Å²) in [5.41, 5.74) is 2.13. The number of carbonyl (C=O) groups is 2. The molecule has 11 heteroatoms. The number of aromatic amines is 1. The van der Waals surface area contributed by atoms with Crippen molar-refractivity contribution >= 4 is 17.7 Å². The average molecular weight is 491 g/mol. The van der Waals surface area contributed by atoms with Crippen molar-refractivity contribution in [2.75, 3.05) is 32.1 Å². The number of methoxy groups -OCH3 is 1. The molecule has 0 unspecified atom stereocenters.